The molecule has 0 fully saturated rings. The fourth-order valence-corrected chi connectivity index (χ4v) is 0.775. The van der Waals surface area contributed by atoms with Crippen LogP contribution in [0.5, 0.6) is 0 Å². The van der Waals surface area contributed by atoms with Crippen LogP contribution in [0.4, 0.5) is 0 Å². The van der Waals surface area contributed by atoms with Crippen LogP contribution in [-0.2, 0) is 14.3 Å². The molecule has 3 nitrogen and oxygen atoms in total. The van der Waals surface area contributed by atoms with Crippen molar-refractivity contribution in [1.82, 2.24) is 0 Å². The van der Waals surface area contributed by atoms with E-state index in [0.717, 1.165) is 19.1 Å². The lowest BCUT2D eigenvalue weighted by atomic mass is 10.2. The molecule has 0 aromatic carbocycles. The molecule has 1 rings (SSSR count). The van der Waals surface area contributed by atoms with Gasteiger partial charge in [-0.25, -0.2) is 0 Å². The zero-order chi connectivity index (χ0) is 7.23. The molecule has 0 radical (unpaired) electrons. The summed E-state index contributed by atoms with van der Waals surface area (Å²) in [5.74, 6) is 0. The molecule has 1 aliphatic rings. The molecule has 0 spiro atoms. The summed E-state index contributed by atoms with van der Waals surface area (Å²) >= 11 is 0. The molecule has 1 heterocycles. The topological polar surface area (TPSA) is 35.5 Å². The average Bonchev–Trinajstić information content (AvgIpc) is 2.41. The van der Waals surface area contributed by atoms with E-state index >= 15 is 0 Å². The van der Waals surface area contributed by atoms with Gasteiger partial charge in [-0.05, 0) is 6.42 Å². The number of unbranched alkanes of at least 4 members (excludes halogenated alkanes) is 1. The summed E-state index contributed by atoms with van der Waals surface area (Å²) in [5.41, 5.74) is 0. The van der Waals surface area contributed by atoms with Gasteiger partial charge >= 0.3 is 0 Å². The molecule has 1 aliphatic heterocycles. The first kappa shape index (κ1) is 7.12. The number of aldehydes is 1. The third kappa shape index (κ3) is 2.09. The highest BCUT2D eigenvalue weighted by molar-refractivity contribution is 5.48. The Morgan fingerprint density at radius 1 is 1.40 bits per heavy atom. The van der Waals surface area contributed by atoms with Gasteiger partial charge in [0.1, 0.15) is 18.8 Å². The second-order valence-electron chi connectivity index (χ2n) is 2.07. The first-order valence-electron chi connectivity index (χ1n) is 3.33. The van der Waals surface area contributed by atoms with Gasteiger partial charge in [-0.15, -0.1) is 0 Å². The number of carbonyl (C=O) groups excluding carboxylic acids is 1. The van der Waals surface area contributed by atoms with E-state index in [2.05, 4.69) is 0 Å². The number of hydrogen-bond acceptors (Lipinski definition) is 3. The van der Waals surface area contributed by atoms with Crippen LogP contribution in [-0.4, -0.2) is 12.6 Å². The van der Waals surface area contributed by atoms with Crippen LogP contribution in [0.15, 0.2) is 12.5 Å². The van der Waals surface area contributed by atoms with Crippen LogP contribution in [0.3, 0.4) is 0 Å². The molecule has 0 N–H and O–H groups in total. The summed E-state index contributed by atoms with van der Waals surface area (Å²) in [7, 11) is 0. The Hall–Kier alpha value is -0.990. The summed E-state index contributed by atoms with van der Waals surface area (Å²) in [5, 5.41) is 0. The Labute approximate surface area is 59.6 Å². The maximum atomic E-state index is 9.88. The molecule has 10 heavy (non-hydrogen) atoms. The highest BCUT2D eigenvalue weighted by atomic mass is 16.7. The lowest BCUT2D eigenvalue weighted by Crippen LogP contribution is -2.06. The standard InChI is InChI=1S/C7H10O3/c8-4-2-1-3-7-9-5-6-10-7/h4-7H,1-3H2. The summed E-state index contributed by atoms with van der Waals surface area (Å²) in [6.07, 6.45) is 5.99. The van der Waals surface area contributed by atoms with Gasteiger partial charge in [-0.2, -0.15) is 0 Å². The molecular weight excluding hydrogens is 132 g/mol. The van der Waals surface area contributed by atoms with E-state index in [9.17, 15) is 4.79 Å². The minimum atomic E-state index is -0.153. The first-order chi connectivity index (χ1) is 4.93. The van der Waals surface area contributed by atoms with Crippen molar-refractivity contribution < 1.29 is 14.3 Å². The molecule has 0 saturated carbocycles. The van der Waals surface area contributed by atoms with E-state index in [1.807, 2.05) is 0 Å². The van der Waals surface area contributed by atoms with Gasteiger partial charge in [0, 0.05) is 12.8 Å². The third-order valence-corrected chi connectivity index (χ3v) is 1.28. The second-order valence-corrected chi connectivity index (χ2v) is 2.07. The Morgan fingerprint density at radius 2 is 2.10 bits per heavy atom. The third-order valence-electron chi connectivity index (χ3n) is 1.28. The van der Waals surface area contributed by atoms with Crippen LogP contribution in [0, 0.1) is 0 Å². The van der Waals surface area contributed by atoms with E-state index in [1.165, 1.54) is 12.5 Å². The number of carbonyl (C=O) groups is 1. The molecule has 0 aliphatic carbocycles. The molecule has 0 amide bonds. The van der Waals surface area contributed by atoms with Gasteiger partial charge in [0.25, 0.3) is 0 Å². The van der Waals surface area contributed by atoms with Gasteiger partial charge in [0.05, 0.1) is 0 Å². The van der Waals surface area contributed by atoms with E-state index in [1.54, 1.807) is 0 Å². The van der Waals surface area contributed by atoms with E-state index in [-0.39, 0.29) is 6.29 Å². The summed E-state index contributed by atoms with van der Waals surface area (Å²) < 4.78 is 9.96. The monoisotopic (exact) mass is 142 g/mol. The zero-order valence-electron chi connectivity index (χ0n) is 5.66. The zero-order valence-corrected chi connectivity index (χ0v) is 5.66. The molecular formula is C7H10O3. The number of ether oxygens (including phenoxy) is 2. The van der Waals surface area contributed by atoms with E-state index < -0.39 is 0 Å². The fraction of sp³-hybridized carbons (Fsp3) is 0.571. The van der Waals surface area contributed by atoms with Crippen molar-refractivity contribution in [3.8, 4) is 0 Å². The number of hydrogen-bond donors (Lipinski definition) is 0. The number of rotatable bonds is 4. The largest absolute Gasteiger partial charge is 0.459 e. The molecule has 0 saturated heterocycles. The Kier molecular flexibility index (Phi) is 2.80. The lowest BCUT2D eigenvalue weighted by molar-refractivity contribution is -0.108. The summed E-state index contributed by atoms with van der Waals surface area (Å²) in [4.78, 5) is 9.88. The Bertz CT molecular complexity index is 123. The molecule has 0 atom stereocenters. The Balaban J connectivity index is 1.98. The molecule has 0 unspecified atom stereocenters. The minimum absolute atomic E-state index is 0.153. The van der Waals surface area contributed by atoms with Crippen molar-refractivity contribution in [2.24, 2.45) is 0 Å². The van der Waals surface area contributed by atoms with Crippen LogP contribution >= 0.6 is 0 Å². The van der Waals surface area contributed by atoms with Gasteiger partial charge < -0.3 is 14.3 Å². The predicted octanol–water partition coefficient (Wildman–Crippen LogP) is 1.20. The highest BCUT2D eigenvalue weighted by Gasteiger charge is 2.10. The summed E-state index contributed by atoms with van der Waals surface area (Å²) in [6.45, 7) is 0. The molecule has 0 aromatic heterocycles. The fourth-order valence-electron chi connectivity index (χ4n) is 0.775. The van der Waals surface area contributed by atoms with Gasteiger partial charge in [-0.3, -0.25) is 0 Å². The molecule has 56 valence electrons. The van der Waals surface area contributed by atoms with Crippen molar-refractivity contribution in [2.75, 3.05) is 0 Å². The second kappa shape index (κ2) is 3.93. The quantitative estimate of drug-likeness (QED) is 0.437. The SMILES string of the molecule is O=CCCCC1OC=CO1. The lowest BCUT2D eigenvalue weighted by Gasteiger charge is -2.07. The molecule has 0 aromatic rings. The predicted molar refractivity (Wildman–Crippen MR) is 35.0 cm³/mol. The van der Waals surface area contributed by atoms with E-state index in [4.69, 9.17) is 9.47 Å². The van der Waals surface area contributed by atoms with Crippen LogP contribution < -0.4 is 0 Å². The van der Waals surface area contributed by atoms with Crippen LogP contribution in [0.2, 0.25) is 0 Å². The van der Waals surface area contributed by atoms with Crippen molar-refractivity contribution in [3.63, 3.8) is 0 Å². The van der Waals surface area contributed by atoms with E-state index in [0.29, 0.717) is 6.42 Å². The minimum Gasteiger partial charge on any atom is -0.459 e. The van der Waals surface area contributed by atoms with Crippen molar-refractivity contribution >= 4 is 6.29 Å². The van der Waals surface area contributed by atoms with Gasteiger partial charge in [0.15, 0.2) is 0 Å². The average molecular weight is 142 g/mol. The van der Waals surface area contributed by atoms with Crippen molar-refractivity contribution in [2.45, 2.75) is 25.6 Å². The van der Waals surface area contributed by atoms with Crippen LogP contribution in [0.25, 0.3) is 0 Å². The normalized spacial score (nSPS) is 16.4. The molecule has 0 bridgehead atoms. The van der Waals surface area contributed by atoms with Gasteiger partial charge in [0.2, 0.25) is 6.29 Å². The smallest absolute Gasteiger partial charge is 0.239 e. The first-order valence-corrected chi connectivity index (χ1v) is 3.33. The van der Waals surface area contributed by atoms with Crippen molar-refractivity contribution in [1.29, 1.82) is 0 Å². The van der Waals surface area contributed by atoms with Crippen molar-refractivity contribution in [3.05, 3.63) is 12.5 Å². The highest BCUT2D eigenvalue weighted by Crippen LogP contribution is 2.11. The maximum Gasteiger partial charge on any atom is 0.239 e. The Morgan fingerprint density at radius 3 is 2.70 bits per heavy atom. The van der Waals surface area contributed by atoms with Gasteiger partial charge in [-0.1, -0.05) is 0 Å². The molecule has 3 heteroatoms. The maximum absolute atomic E-state index is 9.88. The summed E-state index contributed by atoms with van der Waals surface area (Å²) in [6, 6.07) is 0. The van der Waals surface area contributed by atoms with Crippen LogP contribution in [0.1, 0.15) is 19.3 Å².